The Hall–Kier alpha value is -3.94. The molecule has 0 spiro atoms. The molecule has 32 heavy (non-hydrogen) atoms. The van der Waals surface area contributed by atoms with Crippen LogP contribution >= 0.6 is 0 Å². The summed E-state index contributed by atoms with van der Waals surface area (Å²) in [4.78, 5) is 31.2. The molecule has 8 nitrogen and oxygen atoms in total. The molecule has 0 fully saturated rings. The highest BCUT2D eigenvalue weighted by atomic mass is 16.5. The molecule has 158 valence electrons. The predicted molar refractivity (Wildman–Crippen MR) is 116 cm³/mol. The SMILES string of the molecule is CC1(C)CC(=O)C2=C(C1)Oc1ncn3nc(-c4cccnc4)nc3c1[C@@H]2c1cccnc1. The van der Waals surface area contributed by atoms with E-state index in [2.05, 4.69) is 33.9 Å². The molecule has 4 aromatic rings. The number of rotatable bonds is 2. The number of hydrogen-bond donors (Lipinski definition) is 0. The summed E-state index contributed by atoms with van der Waals surface area (Å²) in [6, 6.07) is 7.60. The second-order valence-corrected chi connectivity index (χ2v) is 9.01. The van der Waals surface area contributed by atoms with E-state index >= 15 is 0 Å². The van der Waals surface area contributed by atoms with Gasteiger partial charge in [-0.05, 0) is 29.2 Å². The highest BCUT2D eigenvalue weighted by Gasteiger charge is 2.44. The highest BCUT2D eigenvalue weighted by molar-refractivity contribution is 6.00. The lowest BCUT2D eigenvalue weighted by atomic mass is 9.70. The Balaban J connectivity index is 1.61. The van der Waals surface area contributed by atoms with Gasteiger partial charge in [0.1, 0.15) is 12.1 Å². The second kappa shape index (κ2) is 6.78. The first-order valence-electron chi connectivity index (χ1n) is 10.5. The van der Waals surface area contributed by atoms with Crippen LogP contribution in [0.1, 0.15) is 43.7 Å². The lowest BCUT2D eigenvalue weighted by Crippen LogP contribution is -2.33. The van der Waals surface area contributed by atoms with E-state index in [-0.39, 0.29) is 17.1 Å². The molecule has 0 radical (unpaired) electrons. The maximum atomic E-state index is 13.4. The van der Waals surface area contributed by atoms with E-state index in [1.807, 2.05) is 24.3 Å². The van der Waals surface area contributed by atoms with E-state index < -0.39 is 0 Å². The second-order valence-electron chi connectivity index (χ2n) is 9.01. The van der Waals surface area contributed by atoms with Crippen LogP contribution in [0.2, 0.25) is 0 Å². The fourth-order valence-corrected chi connectivity index (χ4v) is 4.64. The largest absolute Gasteiger partial charge is 0.442 e. The molecule has 0 bridgehead atoms. The van der Waals surface area contributed by atoms with Gasteiger partial charge in [-0.25, -0.2) is 14.5 Å². The Labute approximate surface area is 184 Å². The molecule has 0 amide bonds. The van der Waals surface area contributed by atoms with Crippen LogP contribution in [0.3, 0.4) is 0 Å². The summed E-state index contributed by atoms with van der Waals surface area (Å²) in [5.41, 5.74) is 3.54. The topological polar surface area (TPSA) is 95.2 Å². The fourth-order valence-electron chi connectivity index (χ4n) is 4.64. The van der Waals surface area contributed by atoms with Crippen molar-refractivity contribution in [3.05, 3.63) is 77.8 Å². The molecule has 6 rings (SSSR count). The van der Waals surface area contributed by atoms with E-state index in [1.54, 1.807) is 35.6 Å². The van der Waals surface area contributed by atoms with Gasteiger partial charge in [0.15, 0.2) is 17.3 Å². The summed E-state index contributed by atoms with van der Waals surface area (Å²) >= 11 is 0. The minimum atomic E-state index is -0.367. The average molecular weight is 424 g/mol. The molecule has 0 aromatic carbocycles. The zero-order valence-corrected chi connectivity index (χ0v) is 17.7. The van der Waals surface area contributed by atoms with E-state index in [9.17, 15) is 4.79 Å². The molecule has 5 heterocycles. The number of aromatic nitrogens is 6. The number of carbonyl (C=O) groups is 1. The van der Waals surface area contributed by atoms with E-state index in [4.69, 9.17) is 9.72 Å². The third kappa shape index (κ3) is 2.90. The Bertz CT molecular complexity index is 1390. The van der Waals surface area contributed by atoms with Crippen molar-refractivity contribution in [2.45, 2.75) is 32.6 Å². The Morgan fingerprint density at radius 2 is 1.91 bits per heavy atom. The molecule has 1 aliphatic carbocycles. The molecule has 0 saturated heterocycles. The van der Waals surface area contributed by atoms with Gasteiger partial charge in [0, 0.05) is 48.8 Å². The number of carbonyl (C=O) groups excluding carboxylic acids is 1. The van der Waals surface area contributed by atoms with Crippen LogP contribution in [0.5, 0.6) is 5.88 Å². The van der Waals surface area contributed by atoms with E-state index in [0.29, 0.717) is 41.5 Å². The smallest absolute Gasteiger partial charge is 0.228 e. The zero-order chi connectivity index (χ0) is 21.9. The number of pyridine rings is 2. The van der Waals surface area contributed by atoms with Gasteiger partial charge in [0.2, 0.25) is 5.88 Å². The van der Waals surface area contributed by atoms with Gasteiger partial charge in [-0.15, -0.1) is 5.10 Å². The maximum Gasteiger partial charge on any atom is 0.228 e. The van der Waals surface area contributed by atoms with Crippen molar-refractivity contribution in [1.29, 1.82) is 0 Å². The third-order valence-electron chi connectivity index (χ3n) is 6.00. The Morgan fingerprint density at radius 3 is 2.66 bits per heavy atom. The number of ketones is 1. The van der Waals surface area contributed by atoms with Crippen molar-refractivity contribution in [3.8, 4) is 17.3 Å². The number of allylic oxidation sites excluding steroid dienone is 2. The van der Waals surface area contributed by atoms with Gasteiger partial charge in [-0.3, -0.25) is 14.8 Å². The van der Waals surface area contributed by atoms with Crippen molar-refractivity contribution in [2.75, 3.05) is 0 Å². The van der Waals surface area contributed by atoms with Gasteiger partial charge in [0.25, 0.3) is 0 Å². The minimum absolute atomic E-state index is 0.0877. The van der Waals surface area contributed by atoms with Gasteiger partial charge < -0.3 is 4.74 Å². The van der Waals surface area contributed by atoms with Crippen LogP contribution in [-0.2, 0) is 4.79 Å². The lowest BCUT2D eigenvalue weighted by Gasteiger charge is -2.37. The van der Waals surface area contributed by atoms with Crippen molar-refractivity contribution in [2.24, 2.45) is 5.41 Å². The van der Waals surface area contributed by atoms with Crippen molar-refractivity contribution < 1.29 is 9.53 Å². The first kappa shape index (κ1) is 18.8. The standard InChI is InChI=1S/C24H20N6O2/c1-24(2)9-16(31)19-17(10-24)32-23-20(18(19)14-5-3-7-25-11-14)22-28-21(29-30(22)13-27-23)15-6-4-8-26-12-15/h3-8,11-13,18H,9-10H2,1-2H3/t18-/m1/s1. The summed E-state index contributed by atoms with van der Waals surface area (Å²) in [5, 5.41) is 4.60. The molecule has 2 aliphatic rings. The van der Waals surface area contributed by atoms with Gasteiger partial charge in [-0.1, -0.05) is 19.9 Å². The average Bonchev–Trinajstić information content (AvgIpc) is 3.23. The minimum Gasteiger partial charge on any atom is -0.442 e. The van der Waals surface area contributed by atoms with Crippen LogP contribution in [0.15, 0.2) is 66.7 Å². The molecule has 8 heteroatoms. The number of hydrogen-bond acceptors (Lipinski definition) is 7. The van der Waals surface area contributed by atoms with E-state index in [1.165, 1.54) is 0 Å². The third-order valence-corrected chi connectivity index (χ3v) is 6.00. The predicted octanol–water partition coefficient (Wildman–Crippen LogP) is 3.75. The molecular weight excluding hydrogens is 404 g/mol. The van der Waals surface area contributed by atoms with Crippen molar-refractivity contribution >= 4 is 11.4 Å². The van der Waals surface area contributed by atoms with E-state index in [0.717, 1.165) is 16.7 Å². The van der Waals surface area contributed by atoms with Gasteiger partial charge >= 0.3 is 0 Å². The van der Waals surface area contributed by atoms with Crippen LogP contribution in [-0.4, -0.2) is 35.3 Å². The summed E-state index contributed by atoms with van der Waals surface area (Å²) in [6.07, 6.45) is 9.68. The normalized spacial score (nSPS) is 19.4. The number of fused-ring (bicyclic) bond motifs is 3. The number of ether oxygens (including phenoxy) is 1. The molecule has 1 aliphatic heterocycles. The van der Waals surface area contributed by atoms with Gasteiger partial charge in [-0.2, -0.15) is 0 Å². The van der Waals surface area contributed by atoms with Crippen molar-refractivity contribution in [1.82, 2.24) is 29.5 Å². The molecular formula is C24H20N6O2. The molecule has 0 unspecified atom stereocenters. The maximum absolute atomic E-state index is 13.4. The number of nitrogens with zero attached hydrogens (tertiary/aromatic N) is 6. The quantitative estimate of drug-likeness (QED) is 0.484. The molecule has 4 aromatic heterocycles. The highest BCUT2D eigenvalue weighted by Crippen LogP contribution is 2.50. The van der Waals surface area contributed by atoms with Gasteiger partial charge in [0.05, 0.1) is 11.5 Å². The van der Waals surface area contributed by atoms with Crippen LogP contribution < -0.4 is 4.74 Å². The first-order chi connectivity index (χ1) is 15.5. The summed E-state index contributed by atoms with van der Waals surface area (Å²) < 4.78 is 7.89. The molecule has 1 atom stereocenters. The first-order valence-corrected chi connectivity index (χ1v) is 10.5. The van der Waals surface area contributed by atoms with Crippen LogP contribution in [0, 0.1) is 5.41 Å². The Kier molecular flexibility index (Phi) is 3.98. The summed E-state index contributed by atoms with van der Waals surface area (Å²) in [7, 11) is 0. The fraction of sp³-hybridized carbons (Fsp3) is 0.250. The Morgan fingerprint density at radius 1 is 1.09 bits per heavy atom. The van der Waals surface area contributed by atoms with Crippen LogP contribution in [0.25, 0.3) is 17.0 Å². The van der Waals surface area contributed by atoms with Crippen molar-refractivity contribution in [3.63, 3.8) is 0 Å². The summed E-state index contributed by atoms with van der Waals surface area (Å²) in [6.45, 7) is 4.17. The van der Waals surface area contributed by atoms with Crippen LogP contribution in [0.4, 0.5) is 0 Å². The number of Topliss-reactive ketones (excluding diaryl/α,β-unsaturated/α-hetero) is 1. The molecule has 0 N–H and O–H groups in total. The lowest BCUT2D eigenvalue weighted by molar-refractivity contribution is -0.118. The monoisotopic (exact) mass is 424 g/mol. The molecule has 0 saturated carbocycles. The summed E-state index contributed by atoms with van der Waals surface area (Å²) in [5.74, 6) is 1.41. The zero-order valence-electron chi connectivity index (χ0n) is 17.7.